The fraction of sp³-hybridized carbons (Fsp3) is 0.429. The van der Waals surface area contributed by atoms with Gasteiger partial charge in [0.25, 0.3) is 0 Å². The zero-order chi connectivity index (χ0) is 19.6. The van der Waals surface area contributed by atoms with E-state index >= 15 is 0 Å². The molecule has 1 aromatic carbocycles. The van der Waals surface area contributed by atoms with Crippen molar-refractivity contribution in [2.75, 3.05) is 5.32 Å². The van der Waals surface area contributed by atoms with Gasteiger partial charge < -0.3 is 14.9 Å². The van der Waals surface area contributed by atoms with Crippen LogP contribution in [0.3, 0.4) is 0 Å². The molecular weight excluding hydrogens is 360 g/mol. The molecule has 0 unspecified atom stereocenters. The predicted molar refractivity (Wildman–Crippen MR) is 113 cm³/mol. The van der Waals surface area contributed by atoms with Crippen molar-refractivity contribution in [2.24, 2.45) is 7.05 Å². The lowest BCUT2D eigenvalue weighted by molar-refractivity contribution is 0.562. The van der Waals surface area contributed by atoms with Gasteiger partial charge in [-0.3, -0.25) is 4.79 Å². The first kappa shape index (κ1) is 19.5. The Hall–Kier alpha value is -2.27. The molecule has 0 bridgehead atoms. The van der Waals surface area contributed by atoms with E-state index in [1.54, 1.807) is 12.3 Å². The smallest absolute Gasteiger partial charge is 0.248 e. The molecule has 0 spiro atoms. The molecule has 6 heteroatoms. The fourth-order valence-corrected chi connectivity index (χ4v) is 3.93. The number of rotatable bonds is 7. The van der Waals surface area contributed by atoms with Gasteiger partial charge in [-0.1, -0.05) is 44.4 Å². The van der Waals surface area contributed by atoms with Gasteiger partial charge in [-0.25, -0.2) is 4.98 Å². The van der Waals surface area contributed by atoms with Gasteiger partial charge in [-0.15, -0.1) is 0 Å². The van der Waals surface area contributed by atoms with Gasteiger partial charge in [0.15, 0.2) is 0 Å². The van der Waals surface area contributed by atoms with Crippen LogP contribution in [0.5, 0.6) is 0 Å². The quantitative estimate of drug-likeness (QED) is 0.551. The van der Waals surface area contributed by atoms with Gasteiger partial charge in [-0.05, 0) is 42.9 Å². The monoisotopic (exact) mass is 386 g/mol. The van der Waals surface area contributed by atoms with Crippen molar-refractivity contribution in [3.8, 4) is 0 Å². The molecule has 5 nitrogen and oxygen atoms in total. The van der Waals surface area contributed by atoms with Gasteiger partial charge in [-0.2, -0.15) is 0 Å². The molecule has 0 saturated carbocycles. The van der Waals surface area contributed by atoms with Crippen LogP contribution in [0.4, 0.5) is 11.6 Å². The Morgan fingerprint density at radius 1 is 1.26 bits per heavy atom. The van der Waals surface area contributed by atoms with Crippen molar-refractivity contribution in [3.63, 3.8) is 0 Å². The number of pyridine rings is 1. The number of halogens is 1. The Bertz CT molecular complexity index is 999. The van der Waals surface area contributed by atoms with E-state index < -0.39 is 0 Å². The molecule has 0 atom stereocenters. The summed E-state index contributed by atoms with van der Waals surface area (Å²) >= 11 is 6.48. The highest BCUT2D eigenvalue weighted by atomic mass is 35.5. The number of nitrogens with zero attached hydrogens (tertiary/aromatic N) is 2. The molecule has 0 radical (unpaired) electrons. The van der Waals surface area contributed by atoms with E-state index in [1.807, 2.05) is 20.0 Å². The summed E-state index contributed by atoms with van der Waals surface area (Å²) < 4.78 is 2.07. The molecule has 2 N–H and O–H groups in total. The first-order valence-corrected chi connectivity index (χ1v) is 9.95. The third-order valence-electron chi connectivity index (χ3n) is 5.10. The van der Waals surface area contributed by atoms with Crippen LogP contribution in [0.1, 0.15) is 56.6 Å². The van der Waals surface area contributed by atoms with Crippen molar-refractivity contribution in [1.29, 1.82) is 0 Å². The van der Waals surface area contributed by atoms with Gasteiger partial charge >= 0.3 is 0 Å². The molecule has 0 saturated heterocycles. The molecule has 2 heterocycles. The van der Waals surface area contributed by atoms with Crippen LogP contribution in [0, 0.1) is 6.92 Å². The van der Waals surface area contributed by atoms with Crippen molar-refractivity contribution in [1.82, 2.24) is 14.5 Å². The summed E-state index contributed by atoms with van der Waals surface area (Å²) in [6.07, 6.45) is 6.27. The number of nitrogens with one attached hydrogen (secondary N) is 2. The number of fused-ring (bicyclic) bond motifs is 1. The Morgan fingerprint density at radius 2 is 1.96 bits per heavy atom. The highest BCUT2D eigenvalue weighted by molar-refractivity contribution is 6.35. The van der Waals surface area contributed by atoms with E-state index in [-0.39, 0.29) is 5.56 Å². The second kappa shape index (κ2) is 8.17. The van der Waals surface area contributed by atoms with Gasteiger partial charge in [0.2, 0.25) is 11.5 Å². The molecule has 0 fully saturated rings. The van der Waals surface area contributed by atoms with E-state index in [2.05, 4.69) is 34.8 Å². The van der Waals surface area contributed by atoms with Crippen LogP contribution in [0.2, 0.25) is 5.02 Å². The number of aromatic nitrogens is 3. The van der Waals surface area contributed by atoms with E-state index in [1.165, 1.54) is 5.56 Å². The molecule has 0 aliphatic carbocycles. The average molecular weight is 387 g/mol. The first-order chi connectivity index (χ1) is 13.0. The predicted octanol–water partition coefficient (Wildman–Crippen LogP) is 5.65. The van der Waals surface area contributed by atoms with Crippen molar-refractivity contribution in [2.45, 2.75) is 52.4 Å². The molecule has 144 valence electrons. The number of hydrogen-bond acceptors (Lipinski definition) is 3. The van der Waals surface area contributed by atoms with E-state index in [9.17, 15) is 4.79 Å². The number of H-pyrrole nitrogens is 1. The van der Waals surface area contributed by atoms with E-state index in [4.69, 9.17) is 16.6 Å². The van der Waals surface area contributed by atoms with Crippen LogP contribution < -0.4 is 10.9 Å². The summed E-state index contributed by atoms with van der Waals surface area (Å²) in [7, 11) is 2.01. The summed E-state index contributed by atoms with van der Waals surface area (Å²) in [4.78, 5) is 18.9. The number of aryl methyl sites for hydroxylation is 2. The van der Waals surface area contributed by atoms with Gasteiger partial charge in [0.05, 0.1) is 16.2 Å². The van der Waals surface area contributed by atoms with Crippen LogP contribution in [-0.2, 0) is 7.05 Å². The maximum absolute atomic E-state index is 11.5. The normalized spacial score (nSPS) is 11.5. The molecule has 3 aromatic rings. The Morgan fingerprint density at radius 3 is 2.59 bits per heavy atom. The third-order valence-corrected chi connectivity index (χ3v) is 5.40. The number of aromatic amines is 1. The number of hydrogen-bond donors (Lipinski definition) is 2. The van der Waals surface area contributed by atoms with Crippen LogP contribution >= 0.6 is 11.6 Å². The fourth-order valence-electron chi connectivity index (χ4n) is 3.74. The zero-order valence-corrected chi connectivity index (χ0v) is 17.2. The molecule has 27 heavy (non-hydrogen) atoms. The lowest BCUT2D eigenvalue weighted by Gasteiger charge is -2.18. The summed E-state index contributed by atoms with van der Waals surface area (Å²) in [6.45, 7) is 6.35. The second-order valence-corrected chi connectivity index (χ2v) is 7.53. The number of benzene rings is 1. The van der Waals surface area contributed by atoms with Crippen LogP contribution in [0.15, 0.2) is 29.2 Å². The SMILES string of the molecule is CCCC(CCC)c1ccc(Cl)c2nc(Nc3c[nH]c(=O)cc3C)n(C)c12. The third kappa shape index (κ3) is 3.88. The molecule has 3 rings (SSSR count). The lowest BCUT2D eigenvalue weighted by Crippen LogP contribution is -2.08. The Balaban J connectivity index is 2.11. The minimum Gasteiger partial charge on any atom is -0.327 e. The summed E-state index contributed by atoms with van der Waals surface area (Å²) in [5, 5.41) is 3.99. The average Bonchev–Trinajstić information content (AvgIpc) is 2.96. The topological polar surface area (TPSA) is 62.7 Å². The largest absolute Gasteiger partial charge is 0.327 e. The second-order valence-electron chi connectivity index (χ2n) is 7.12. The highest BCUT2D eigenvalue weighted by Gasteiger charge is 2.20. The van der Waals surface area contributed by atoms with Crippen LogP contribution in [-0.4, -0.2) is 14.5 Å². The van der Waals surface area contributed by atoms with E-state index in [0.717, 1.165) is 48.0 Å². The maximum atomic E-state index is 11.5. The summed E-state index contributed by atoms with van der Waals surface area (Å²) in [5.41, 5.74) is 4.78. The van der Waals surface area contributed by atoms with Crippen molar-refractivity contribution >= 4 is 34.3 Å². The van der Waals surface area contributed by atoms with Gasteiger partial charge in [0.1, 0.15) is 5.52 Å². The lowest BCUT2D eigenvalue weighted by atomic mass is 9.89. The number of anilines is 2. The first-order valence-electron chi connectivity index (χ1n) is 9.57. The molecule has 2 aromatic heterocycles. The minimum absolute atomic E-state index is 0.115. The van der Waals surface area contributed by atoms with E-state index in [0.29, 0.717) is 16.9 Å². The standard InChI is InChI=1S/C21H27ClN4O/c1-5-7-14(8-6-2)15-9-10-16(22)19-20(15)26(4)21(25-19)24-17-12-23-18(27)11-13(17)3/h9-12,14H,5-8H2,1-4H3,(H,23,27)(H,24,25). The molecule has 0 amide bonds. The zero-order valence-electron chi connectivity index (χ0n) is 16.4. The summed E-state index contributed by atoms with van der Waals surface area (Å²) in [6, 6.07) is 5.68. The molecule has 0 aliphatic rings. The van der Waals surface area contributed by atoms with Crippen molar-refractivity contribution in [3.05, 3.63) is 50.9 Å². The van der Waals surface area contributed by atoms with Crippen molar-refractivity contribution < 1.29 is 0 Å². The number of imidazole rings is 1. The molecule has 0 aliphatic heterocycles. The molecular formula is C21H27ClN4O. The highest BCUT2D eigenvalue weighted by Crippen LogP contribution is 2.36. The minimum atomic E-state index is -0.115. The Kier molecular flexibility index (Phi) is 5.90. The Labute approximate surface area is 164 Å². The summed E-state index contributed by atoms with van der Waals surface area (Å²) in [5.74, 6) is 1.21. The van der Waals surface area contributed by atoms with Crippen LogP contribution in [0.25, 0.3) is 11.0 Å². The van der Waals surface area contributed by atoms with Gasteiger partial charge in [0, 0.05) is 19.3 Å². The maximum Gasteiger partial charge on any atom is 0.248 e.